The highest BCUT2D eigenvalue weighted by Gasteiger charge is 2.09. The second kappa shape index (κ2) is 4.10. The fraction of sp³-hybridized carbons (Fsp3) is 0.100. The minimum Gasteiger partial charge on any atom is -0.432 e. The van der Waals surface area contributed by atoms with Gasteiger partial charge < -0.3 is 4.74 Å². The molecule has 13 heavy (non-hydrogen) atoms. The van der Waals surface area contributed by atoms with Crippen molar-refractivity contribution in [3.05, 3.63) is 47.2 Å². The number of rotatable bonds is 2. The zero-order chi connectivity index (χ0) is 9.84. The van der Waals surface area contributed by atoms with Crippen molar-refractivity contribution in [2.24, 2.45) is 0 Å². The number of ether oxygens (including phenoxy) is 1. The molecule has 0 unspecified atom stereocenters. The van der Waals surface area contributed by atoms with Gasteiger partial charge in [-0.3, -0.25) is 0 Å². The van der Waals surface area contributed by atoms with E-state index in [-0.39, 0.29) is 0 Å². The number of carbonyl (C=O) groups excluding carboxylic acids is 1. The van der Waals surface area contributed by atoms with E-state index in [9.17, 15) is 4.79 Å². The lowest BCUT2D eigenvalue weighted by Gasteiger charge is -2.03. The molecular weight excluding hydrogens is 188 g/mol. The minimum absolute atomic E-state index is 0.435. The van der Waals surface area contributed by atoms with Crippen molar-refractivity contribution in [1.82, 2.24) is 0 Å². The summed E-state index contributed by atoms with van der Waals surface area (Å²) in [6, 6.07) is 5.06. The van der Waals surface area contributed by atoms with Crippen molar-refractivity contribution in [2.45, 2.75) is 6.92 Å². The van der Waals surface area contributed by atoms with Crippen LogP contribution in [0.3, 0.4) is 0 Å². The van der Waals surface area contributed by atoms with E-state index in [2.05, 4.69) is 11.3 Å². The smallest absolute Gasteiger partial charge is 0.343 e. The molecule has 0 aromatic heterocycles. The third-order valence-electron chi connectivity index (χ3n) is 1.61. The molecule has 0 heterocycles. The molecule has 3 heteroatoms. The highest BCUT2D eigenvalue weighted by Crippen LogP contribution is 2.16. The van der Waals surface area contributed by atoms with Gasteiger partial charge in [0, 0.05) is 5.02 Å². The molecular formula is C10H9ClO2. The summed E-state index contributed by atoms with van der Waals surface area (Å²) in [4.78, 5) is 11.3. The van der Waals surface area contributed by atoms with Crippen molar-refractivity contribution in [3.63, 3.8) is 0 Å². The number of hydrogen-bond donors (Lipinski definition) is 0. The number of esters is 1. The molecule has 0 aliphatic heterocycles. The fourth-order valence-electron chi connectivity index (χ4n) is 0.953. The van der Waals surface area contributed by atoms with Gasteiger partial charge in [0.2, 0.25) is 0 Å². The van der Waals surface area contributed by atoms with Gasteiger partial charge >= 0.3 is 5.97 Å². The number of benzene rings is 1. The zero-order valence-corrected chi connectivity index (χ0v) is 7.97. The monoisotopic (exact) mass is 196 g/mol. The first-order chi connectivity index (χ1) is 6.15. The largest absolute Gasteiger partial charge is 0.432 e. The highest BCUT2D eigenvalue weighted by atomic mass is 35.5. The molecule has 0 fully saturated rings. The van der Waals surface area contributed by atoms with Gasteiger partial charge in [-0.05, 0) is 24.6 Å². The SMILES string of the molecule is C=COC(=O)c1cc(Cl)ccc1C. The Hall–Kier alpha value is -1.28. The lowest BCUT2D eigenvalue weighted by atomic mass is 10.1. The van der Waals surface area contributed by atoms with Crippen molar-refractivity contribution in [3.8, 4) is 0 Å². The van der Waals surface area contributed by atoms with Crippen LogP contribution in [0.4, 0.5) is 0 Å². The second-order valence-electron chi connectivity index (χ2n) is 2.53. The maximum absolute atomic E-state index is 11.3. The second-order valence-corrected chi connectivity index (χ2v) is 2.97. The van der Waals surface area contributed by atoms with Gasteiger partial charge in [-0.2, -0.15) is 0 Å². The van der Waals surface area contributed by atoms with E-state index in [0.29, 0.717) is 10.6 Å². The van der Waals surface area contributed by atoms with Crippen LogP contribution in [0.25, 0.3) is 0 Å². The van der Waals surface area contributed by atoms with Gasteiger partial charge in [-0.15, -0.1) is 0 Å². The third-order valence-corrected chi connectivity index (χ3v) is 1.84. The lowest BCUT2D eigenvalue weighted by molar-refractivity contribution is 0.0663. The van der Waals surface area contributed by atoms with Gasteiger partial charge in [0.25, 0.3) is 0 Å². The van der Waals surface area contributed by atoms with Gasteiger partial charge in [0.15, 0.2) is 0 Å². The van der Waals surface area contributed by atoms with Crippen LogP contribution in [-0.4, -0.2) is 5.97 Å². The molecule has 0 atom stereocenters. The lowest BCUT2D eigenvalue weighted by Crippen LogP contribution is -2.02. The Morgan fingerprint density at radius 1 is 1.62 bits per heavy atom. The molecule has 0 amide bonds. The first-order valence-corrected chi connectivity index (χ1v) is 4.11. The summed E-state index contributed by atoms with van der Waals surface area (Å²) in [5, 5.41) is 0.515. The number of aryl methyl sites for hydroxylation is 1. The number of halogens is 1. The van der Waals surface area contributed by atoms with Crippen LogP contribution in [0.5, 0.6) is 0 Å². The Morgan fingerprint density at radius 3 is 2.92 bits per heavy atom. The molecule has 68 valence electrons. The van der Waals surface area contributed by atoms with Crippen molar-refractivity contribution >= 4 is 17.6 Å². The summed E-state index contributed by atoms with van der Waals surface area (Å²) in [6.45, 7) is 5.12. The maximum atomic E-state index is 11.3. The van der Waals surface area contributed by atoms with E-state index in [1.165, 1.54) is 0 Å². The molecule has 0 aliphatic rings. The van der Waals surface area contributed by atoms with E-state index < -0.39 is 5.97 Å². The van der Waals surface area contributed by atoms with Crippen LogP contribution in [0.15, 0.2) is 31.0 Å². The molecule has 1 aromatic carbocycles. The fourth-order valence-corrected chi connectivity index (χ4v) is 1.13. The zero-order valence-electron chi connectivity index (χ0n) is 7.21. The standard InChI is InChI=1S/C10H9ClO2/c1-3-13-10(12)9-6-8(11)5-4-7(9)2/h3-6H,1H2,2H3. The molecule has 0 saturated carbocycles. The molecule has 1 aromatic rings. The van der Waals surface area contributed by atoms with E-state index >= 15 is 0 Å². The Balaban J connectivity index is 3.05. The molecule has 1 rings (SSSR count). The summed E-state index contributed by atoms with van der Waals surface area (Å²) in [5.74, 6) is -0.435. The first-order valence-electron chi connectivity index (χ1n) is 3.73. The van der Waals surface area contributed by atoms with Crippen LogP contribution in [0, 0.1) is 6.92 Å². The summed E-state index contributed by atoms with van der Waals surface area (Å²) in [7, 11) is 0. The van der Waals surface area contributed by atoms with E-state index in [1.54, 1.807) is 18.2 Å². The van der Waals surface area contributed by atoms with Crippen molar-refractivity contribution < 1.29 is 9.53 Å². The summed E-state index contributed by atoms with van der Waals surface area (Å²) >= 11 is 5.73. The van der Waals surface area contributed by atoms with E-state index in [0.717, 1.165) is 11.8 Å². The molecule has 0 spiro atoms. The van der Waals surface area contributed by atoms with Crippen LogP contribution in [0.2, 0.25) is 5.02 Å². The molecule has 0 saturated heterocycles. The first kappa shape index (κ1) is 9.81. The van der Waals surface area contributed by atoms with Crippen LogP contribution >= 0.6 is 11.6 Å². The third kappa shape index (κ3) is 2.33. The van der Waals surface area contributed by atoms with E-state index in [1.807, 2.05) is 6.92 Å². The predicted octanol–water partition coefficient (Wildman–Crippen LogP) is 2.95. The number of hydrogen-bond acceptors (Lipinski definition) is 2. The van der Waals surface area contributed by atoms with Crippen LogP contribution in [-0.2, 0) is 4.74 Å². The Kier molecular flexibility index (Phi) is 3.09. The van der Waals surface area contributed by atoms with Gasteiger partial charge in [0.1, 0.15) is 0 Å². The van der Waals surface area contributed by atoms with Crippen molar-refractivity contribution in [2.75, 3.05) is 0 Å². The van der Waals surface area contributed by atoms with Crippen molar-refractivity contribution in [1.29, 1.82) is 0 Å². The number of carbonyl (C=O) groups is 1. The predicted molar refractivity (Wildman–Crippen MR) is 51.8 cm³/mol. The van der Waals surface area contributed by atoms with E-state index in [4.69, 9.17) is 11.6 Å². The van der Waals surface area contributed by atoms with Crippen LogP contribution < -0.4 is 0 Å². The molecule has 0 N–H and O–H groups in total. The summed E-state index contributed by atoms with van der Waals surface area (Å²) in [6.07, 6.45) is 1.10. The van der Waals surface area contributed by atoms with Crippen LogP contribution in [0.1, 0.15) is 15.9 Å². The molecule has 2 nitrogen and oxygen atoms in total. The Bertz CT molecular complexity index is 345. The summed E-state index contributed by atoms with van der Waals surface area (Å²) in [5.41, 5.74) is 1.30. The molecule has 0 aliphatic carbocycles. The Morgan fingerprint density at radius 2 is 2.31 bits per heavy atom. The molecule has 0 bridgehead atoms. The van der Waals surface area contributed by atoms with Gasteiger partial charge in [-0.1, -0.05) is 24.2 Å². The summed E-state index contributed by atoms with van der Waals surface area (Å²) < 4.78 is 4.63. The quantitative estimate of drug-likeness (QED) is 0.537. The highest BCUT2D eigenvalue weighted by molar-refractivity contribution is 6.31. The minimum atomic E-state index is -0.435. The van der Waals surface area contributed by atoms with Gasteiger partial charge in [-0.25, -0.2) is 4.79 Å². The average molecular weight is 197 g/mol. The van der Waals surface area contributed by atoms with Gasteiger partial charge in [0.05, 0.1) is 11.8 Å². The maximum Gasteiger partial charge on any atom is 0.343 e. The average Bonchev–Trinajstić information content (AvgIpc) is 2.09. The normalized spacial score (nSPS) is 9.38. The molecule has 0 radical (unpaired) electrons. The topological polar surface area (TPSA) is 26.3 Å². The Labute approximate surface area is 81.8 Å².